The molecule has 0 fully saturated rings. The molecule has 18 heavy (non-hydrogen) atoms. The van der Waals surface area contributed by atoms with Gasteiger partial charge in [0.15, 0.2) is 0 Å². The van der Waals surface area contributed by atoms with Gasteiger partial charge in [0.05, 0.1) is 0 Å². The summed E-state index contributed by atoms with van der Waals surface area (Å²) in [5.74, 6) is -1.13. The number of esters is 1. The minimum atomic E-state index is -4.09. The van der Waals surface area contributed by atoms with Crippen molar-refractivity contribution in [3.8, 4) is 0 Å². The molecule has 6 heteroatoms. The normalized spacial score (nSPS) is 13.9. The molecule has 5 nitrogen and oxygen atoms in total. The molecule has 0 heterocycles. The number of hydrogen-bond donors (Lipinski definition) is 1. The Morgan fingerprint density at radius 2 is 2.06 bits per heavy atom. The topological polar surface area (TPSA) is 80.7 Å². The van der Waals surface area contributed by atoms with E-state index in [-0.39, 0.29) is 6.61 Å². The van der Waals surface area contributed by atoms with Gasteiger partial charge in [-0.25, -0.2) is 4.79 Å². The highest BCUT2D eigenvalue weighted by Crippen LogP contribution is 2.25. The van der Waals surface area contributed by atoms with Gasteiger partial charge in [0.1, 0.15) is 12.4 Å². The molecule has 0 atom stereocenters. The third-order valence-electron chi connectivity index (χ3n) is 2.60. The fourth-order valence-corrected chi connectivity index (χ4v) is 2.04. The summed E-state index contributed by atoms with van der Waals surface area (Å²) >= 11 is 0. The summed E-state index contributed by atoms with van der Waals surface area (Å²) in [6, 6.07) is 7.58. The average molecular weight is 268 g/mol. The molecule has 0 amide bonds. The number of rotatable bonds is 4. The van der Waals surface area contributed by atoms with Crippen LogP contribution in [0, 0.1) is 0 Å². The van der Waals surface area contributed by atoms with Crippen LogP contribution in [-0.4, -0.2) is 31.3 Å². The van der Waals surface area contributed by atoms with Gasteiger partial charge in [-0.15, -0.1) is 0 Å². The van der Waals surface area contributed by atoms with E-state index in [1.54, 1.807) is 6.08 Å². The van der Waals surface area contributed by atoms with Crippen LogP contribution in [0.4, 0.5) is 0 Å². The van der Waals surface area contributed by atoms with Crippen LogP contribution >= 0.6 is 0 Å². The summed E-state index contributed by atoms with van der Waals surface area (Å²) in [5, 5.41) is 0. The Bertz CT molecular complexity index is 601. The summed E-state index contributed by atoms with van der Waals surface area (Å²) < 4.78 is 34.2. The number of benzene rings is 1. The molecular weight excluding hydrogens is 256 g/mol. The van der Waals surface area contributed by atoms with E-state index in [1.165, 1.54) is 0 Å². The summed E-state index contributed by atoms with van der Waals surface area (Å²) in [6.07, 6.45) is 2.21. The third-order valence-corrected chi connectivity index (χ3v) is 3.28. The van der Waals surface area contributed by atoms with Crippen LogP contribution in [-0.2, 0) is 26.1 Å². The van der Waals surface area contributed by atoms with E-state index >= 15 is 0 Å². The van der Waals surface area contributed by atoms with Crippen molar-refractivity contribution < 1.29 is 22.5 Å². The lowest BCUT2D eigenvalue weighted by Crippen LogP contribution is -2.15. The van der Waals surface area contributed by atoms with Crippen LogP contribution in [0.25, 0.3) is 6.08 Å². The summed E-state index contributed by atoms with van der Waals surface area (Å²) in [4.78, 5) is 11.6. The summed E-state index contributed by atoms with van der Waals surface area (Å²) in [5.41, 5.74) is 2.50. The molecule has 0 saturated heterocycles. The molecule has 1 N–H and O–H groups in total. The van der Waals surface area contributed by atoms with Gasteiger partial charge >= 0.3 is 5.97 Å². The first-order valence-corrected chi connectivity index (χ1v) is 6.97. The van der Waals surface area contributed by atoms with Crippen molar-refractivity contribution in [1.29, 1.82) is 0 Å². The summed E-state index contributed by atoms with van der Waals surface area (Å²) in [6.45, 7) is -0.342. The zero-order valence-electron chi connectivity index (χ0n) is 9.50. The Hall–Kier alpha value is -1.66. The second kappa shape index (κ2) is 4.91. The smallest absolute Gasteiger partial charge is 0.334 e. The second-order valence-corrected chi connectivity index (χ2v) is 5.54. The number of ether oxygens (including phenoxy) is 1. The van der Waals surface area contributed by atoms with E-state index in [0.29, 0.717) is 12.0 Å². The predicted octanol–water partition coefficient (Wildman–Crippen LogP) is 1.06. The highest BCUT2D eigenvalue weighted by atomic mass is 32.2. The van der Waals surface area contributed by atoms with E-state index in [4.69, 9.17) is 9.29 Å². The van der Waals surface area contributed by atoms with E-state index in [0.717, 1.165) is 11.1 Å². The molecule has 1 aliphatic rings. The van der Waals surface area contributed by atoms with Gasteiger partial charge < -0.3 is 4.74 Å². The van der Waals surface area contributed by atoms with Gasteiger partial charge in [0.2, 0.25) is 0 Å². The molecule has 1 aromatic rings. The van der Waals surface area contributed by atoms with Crippen molar-refractivity contribution in [3.63, 3.8) is 0 Å². The van der Waals surface area contributed by atoms with Gasteiger partial charge in [-0.05, 0) is 17.2 Å². The lowest BCUT2D eigenvalue weighted by Gasteiger charge is -2.03. The Morgan fingerprint density at radius 3 is 2.72 bits per heavy atom. The van der Waals surface area contributed by atoms with Crippen molar-refractivity contribution in [3.05, 3.63) is 41.0 Å². The Balaban J connectivity index is 1.93. The predicted molar refractivity (Wildman–Crippen MR) is 65.5 cm³/mol. The van der Waals surface area contributed by atoms with Crippen LogP contribution in [0.1, 0.15) is 11.1 Å². The van der Waals surface area contributed by atoms with Crippen molar-refractivity contribution >= 4 is 22.2 Å². The van der Waals surface area contributed by atoms with E-state index < -0.39 is 21.8 Å². The average Bonchev–Trinajstić information content (AvgIpc) is 2.70. The largest absolute Gasteiger partial charge is 0.461 e. The van der Waals surface area contributed by atoms with Crippen LogP contribution in [0.15, 0.2) is 29.8 Å². The molecule has 0 saturated carbocycles. The maximum absolute atomic E-state index is 11.6. The lowest BCUT2D eigenvalue weighted by atomic mass is 10.1. The monoisotopic (exact) mass is 268 g/mol. The van der Waals surface area contributed by atoms with Crippen LogP contribution in [0.3, 0.4) is 0 Å². The van der Waals surface area contributed by atoms with Crippen LogP contribution in [0.2, 0.25) is 0 Å². The Kier molecular flexibility index (Phi) is 3.49. The van der Waals surface area contributed by atoms with Crippen molar-refractivity contribution in [2.75, 3.05) is 12.4 Å². The fourth-order valence-electron chi connectivity index (χ4n) is 1.74. The molecular formula is C12H12O5S. The third kappa shape index (κ3) is 3.18. The van der Waals surface area contributed by atoms with Gasteiger partial charge in [-0.1, -0.05) is 24.3 Å². The standard InChI is InChI=1S/C12H12O5S/c13-12(17-5-6-18(14,15)16)11-7-9-3-1-2-4-10(9)8-11/h1-4,7H,5-6,8H2,(H,14,15,16). The second-order valence-electron chi connectivity index (χ2n) is 3.97. The van der Waals surface area contributed by atoms with Crippen molar-refractivity contribution in [1.82, 2.24) is 0 Å². The highest BCUT2D eigenvalue weighted by molar-refractivity contribution is 7.85. The maximum atomic E-state index is 11.6. The first kappa shape index (κ1) is 12.8. The maximum Gasteiger partial charge on any atom is 0.334 e. The fraction of sp³-hybridized carbons (Fsp3) is 0.250. The minimum Gasteiger partial charge on any atom is -0.461 e. The molecule has 0 radical (unpaired) electrons. The quantitative estimate of drug-likeness (QED) is 0.652. The molecule has 0 aliphatic heterocycles. The minimum absolute atomic E-state index is 0.342. The van der Waals surface area contributed by atoms with Gasteiger partial charge in [0.25, 0.3) is 10.1 Å². The zero-order chi connectivity index (χ0) is 13.2. The summed E-state index contributed by atoms with van der Waals surface area (Å²) in [7, 11) is -4.09. The SMILES string of the molecule is O=C(OCCS(=O)(=O)O)C1=Cc2ccccc2C1. The van der Waals surface area contributed by atoms with E-state index in [1.807, 2.05) is 24.3 Å². The highest BCUT2D eigenvalue weighted by Gasteiger charge is 2.19. The van der Waals surface area contributed by atoms with Crippen LogP contribution in [0.5, 0.6) is 0 Å². The van der Waals surface area contributed by atoms with Gasteiger partial charge in [-0.3, -0.25) is 4.55 Å². The first-order valence-electron chi connectivity index (χ1n) is 5.36. The molecule has 1 aromatic carbocycles. The molecule has 0 unspecified atom stereocenters. The van der Waals surface area contributed by atoms with Crippen LogP contribution < -0.4 is 0 Å². The molecule has 2 rings (SSSR count). The number of carbonyl (C=O) groups is 1. The van der Waals surface area contributed by atoms with Gasteiger partial charge in [-0.2, -0.15) is 8.42 Å². The van der Waals surface area contributed by atoms with Gasteiger partial charge in [0, 0.05) is 12.0 Å². The first-order chi connectivity index (χ1) is 8.46. The molecule has 96 valence electrons. The molecule has 0 bridgehead atoms. The van der Waals surface area contributed by atoms with E-state index in [2.05, 4.69) is 0 Å². The lowest BCUT2D eigenvalue weighted by molar-refractivity contribution is -0.138. The zero-order valence-corrected chi connectivity index (χ0v) is 10.3. The molecule has 1 aliphatic carbocycles. The number of carbonyl (C=O) groups excluding carboxylic acids is 1. The number of fused-ring (bicyclic) bond motifs is 1. The number of hydrogen-bond acceptors (Lipinski definition) is 4. The molecule has 0 spiro atoms. The van der Waals surface area contributed by atoms with E-state index in [9.17, 15) is 13.2 Å². The van der Waals surface area contributed by atoms with Crippen molar-refractivity contribution in [2.45, 2.75) is 6.42 Å². The Labute approximate surface area is 105 Å². The Morgan fingerprint density at radius 1 is 1.33 bits per heavy atom. The van der Waals surface area contributed by atoms with Crippen molar-refractivity contribution in [2.24, 2.45) is 0 Å². The molecule has 0 aromatic heterocycles.